The van der Waals surface area contributed by atoms with Crippen LogP contribution < -0.4 is 15.8 Å². The molecule has 1 fully saturated rings. The summed E-state index contributed by atoms with van der Waals surface area (Å²) in [5, 5.41) is 13.4. The van der Waals surface area contributed by atoms with Crippen molar-refractivity contribution in [2.75, 3.05) is 39.0 Å². The Hall–Kier alpha value is -3.06. The molecule has 0 spiro atoms. The minimum Gasteiger partial charge on any atom is -0.489 e. The van der Waals surface area contributed by atoms with Crippen LogP contribution in [0.4, 0.5) is 4.39 Å². The van der Waals surface area contributed by atoms with Crippen LogP contribution in [0.2, 0.25) is 0 Å². The molecule has 0 unspecified atom stereocenters. The number of ether oxygens (including phenoxy) is 1. The van der Waals surface area contributed by atoms with E-state index in [4.69, 9.17) is 10.5 Å². The van der Waals surface area contributed by atoms with E-state index in [2.05, 4.69) is 5.32 Å². The molecule has 1 saturated heterocycles. The van der Waals surface area contributed by atoms with Gasteiger partial charge >= 0.3 is 0 Å². The van der Waals surface area contributed by atoms with Gasteiger partial charge in [0, 0.05) is 31.7 Å². The van der Waals surface area contributed by atoms with Crippen molar-refractivity contribution in [3.63, 3.8) is 0 Å². The molecule has 2 aromatic rings. The van der Waals surface area contributed by atoms with Crippen molar-refractivity contribution in [3.05, 3.63) is 65.5 Å². The van der Waals surface area contributed by atoms with Crippen LogP contribution in [-0.2, 0) is 21.4 Å². The van der Waals surface area contributed by atoms with Crippen LogP contribution in [0.5, 0.6) is 5.75 Å². The van der Waals surface area contributed by atoms with E-state index in [1.54, 1.807) is 24.3 Å². The van der Waals surface area contributed by atoms with Gasteiger partial charge in [-0.3, -0.25) is 14.5 Å². The maximum absolute atomic E-state index is 13.0. The Morgan fingerprint density at radius 3 is 2.21 bits per heavy atom. The lowest BCUT2D eigenvalue weighted by atomic mass is 10.1. The Labute approximate surface area is 197 Å². The number of hydrogen-bond donors (Lipinski definition) is 3. The van der Waals surface area contributed by atoms with Gasteiger partial charge < -0.3 is 20.9 Å². The van der Waals surface area contributed by atoms with Gasteiger partial charge in [0.2, 0.25) is 15.7 Å². The normalized spacial score (nSPS) is 17.0. The Balaban J connectivity index is 1.56. The molecule has 4 N–H and O–H groups in total. The van der Waals surface area contributed by atoms with Crippen molar-refractivity contribution in [3.8, 4) is 5.75 Å². The molecule has 1 heterocycles. The van der Waals surface area contributed by atoms with Gasteiger partial charge in [0.05, 0.1) is 12.8 Å². The molecule has 1 atom stereocenters. The average Bonchev–Trinajstić information content (AvgIpc) is 2.81. The summed E-state index contributed by atoms with van der Waals surface area (Å²) in [5.74, 6) is -1.43. The lowest BCUT2D eigenvalue weighted by Crippen LogP contribution is -2.67. The second-order valence-electron chi connectivity index (χ2n) is 7.95. The van der Waals surface area contributed by atoms with Gasteiger partial charge in [-0.25, -0.2) is 12.8 Å². The molecule has 2 aromatic carbocycles. The number of hydrogen-bond acceptors (Lipinski definition) is 7. The first-order valence-electron chi connectivity index (χ1n) is 10.5. The summed E-state index contributed by atoms with van der Waals surface area (Å²) < 4.78 is 43.2. The zero-order chi connectivity index (χ0) is 24.9. The first-order valence-corrected chi connectivity index (χ1v) is 12.3. The highest BCUT2D eigenvalue weighted by Crippen LogP contribution is 2.18. The molecule has 0 radical (unpaired) electrons. The predicted molar refractivity (Wildman–Crippen MR) is 122 cm³/mol. The molecule has 10 nitrogen and oxygen atoms in total. The van der Waals surface area contributed by atoms with Crippen molar-refractivity contribution in [1.82, 2.24) is 14.5 Å². The summed E-state index contributed by atoms with van der Waals surface area (Å²) in [6.07, 6.45) is 1.09. The molecule has 2 amide bonds. The van der Waals surface area contributed by atoms with E-state index < -0.39 is 34.1 Å². The summed E-state index contributed by atoms with van der Waals surface area (Å²) in [7, 11) is -3.39. The molecule has 184 valence electrons. The minimum absolute atomic E-state index is 0.0719. The molecule has 0 aliphatic carbocycles. The molecular formula is C22H27FN4O6S. The number of nitrogens with two attached hydrogens (primary N) is 1. The van der Waals surface area contributed by atoms with E-state index in [9.17, 15) is 27.5 Å². The van der Waals surface area contributed by atoms with E-state index in [-0.39, 0.29) is 44.2 Å². The topological polar surface area (TPSA) is 142 Å². The molecule has 0 saturated carbocycles. The number of aliphatic hydroxyl groups is 1. The Morgan fingerprint density at radius 1 is 1.09 bits per heavy atom. The highest BCUT2D eigenvalue weighted by molar-refractivity contribution is 7.88. The van der Waals surface area contributed by atoms with Gasteiger partial charge in [0.25, 0.3) is 11.8 Å². The van der Waals surface area contributed by atoms with Crippen molar-refractivity contribution >= 4 is 21.8 Å². The average molecular weight is 495 g/mol. The number of sulfonamides is 1. The Bertz CT molecular complexity index is 1120. The lowest BCUT2D eigenvalue weighted by Gasteiger charge is -2.41. The molecule has 0 aromatic heterocycles. The van der Waals surface area contributed by atoms with Crippen LogP contribution in [0.3, 0.4) is 0 Å². The number of primary amides is 1. The van der Waals surface area contributed by atoms with E-state index in [1.807, 2.05) is 0 Å². The van der Waals surface area contributed by atoms with E-state index in [1.165, 1.54) is 33.5 Å². The van der Waals surface area contributed by atoms with E-state index in [0.29, 0.717) is 5.75 Å². The van der Waals surface area contributed by atoms with Crippen LogP contribution in [0, 0.1) is 5.82 Å². The summed E-state index contributed by atoms with van der Waals surface area (Å²) >= 11 is 0. The second-order valence-corrected chi connectivity index (χ2v) is 9.93. The fourth-order valence-electron chi connectivity index (χ4n) is 3.50. The second kappa shape index (κ2) is 10.5. The van der Waals surface area contributed by atoms with Gasteiger partial charge in [0.1, 0.15) is 18.2 Å². The number of nitrogens with zero attached hydrogens (tertiary/aromatic N) is 2. The third-order valence-electron chi connectivity index (χ3n) is 5.56. The maximum Gasteiger partial charge on any atom is 0.266 e. The van der Waals surface area contributed by atoms with Crippen molar-refractivity contribution in [1.29, 1.82) is 0 Å². The SMILES string of the molecule is CS(=O)(=O)N1CCN([C@](O)(CNC(=O)c2ccc(OCc3ccc(F)cc3)cc2)C(N)=O)CC1. The number of benzene rings is 2. The number of carbonyl (C=O) groups excluding carboxylic acids is 2. The van der Waals surface area contributed by atoms with Gasteiger partial charge in [-0.2, -0.15) is 4.31 Å². The van der Waals surface area contributed by atoms with E-state index >= 15 is 0 Å². The van der Waals surface area contributed by atoms with Crippen LogP contribution in [0.1, 0.15) is 15.9 Å². The van der Waals surface area contributed by atoms with Crippen molar-refractivity contribution in [2.24, 2.45) is 5.73 Å². The highest BCUT2D eigenvalue weighted by atomic mass is 32.2. The number of carbonyl (C=O) groups is 2. The first-order chi connectivity index (χ1) is 16.0. The summed E-state index contributed by atoms with van der Waals surface area (Å²) in [4.78, 5) is 25.9. The molecule has 0 bridgehead atoms. The van der Waals surface area contributed by atoms with Gasteiger partial charge in [0.15, 0.2) is 0 Å². The summed E-state index contributed by atoms with van der Waals surface area (Å²) in [6, 6.07) is 12.1. The van der Waals surface area contributed by atoms with Crippen molar-refractivity contribution in [2.45, 2.75) is 12.3 Å². The number of piperazine rings is 1. The van der Waals surface area contributed by atoms with Gasteiger partial charge in [-0.15, -0.1) is 0 Å². The number of rotatable bonds is 9. The predicted octanol–water partition coefficient (Wildman–Crippen LogP) is -0.114. The molecule has 3 rings (SSSR count). The zero-order valence-corrected chi connectivity index (χ0v) is 19.4. The third kappa shape index (κ3) is 6.29. The first kappa shape index (κ1) is 25.6. The minimum atomic E-state index is -3.39. The van der Waals surface area contributed by atoms with Gasteiger partial charge in [-0.1, -0.05) is 12.1 Å². The van der Waals surface area contributed by atoms with Crippen LogP contribution >= 0.6 is 0 Å². The largest absolute Gasteiger partial charge is 0.489 e. The Morgan fingerprint density at radius 2 is 1.68 bits per heavy atom. The summed E-state index contributed by atoms with van der Waals surface area (Å²) in [5.41, 5.74) is 4.29. The molecule has 1 aliphatic rings. The zero-order valence-electron chi connectivity index (χ0n) is 18.6. The number of amides is 2. The molecular weight excluding hydrogens is 467 g/mol. The molecule has 12 heteroatoms. The van der Waals surface area contributed by atoms with Crippen LogP contribution in [-0.4, -0.2) is 79.2 Å². The number of halogens is 1. The van der Waals surface area contributed by atoms with Gasteiger partial charge in [-0.05, 0) is 42.0 Å². The monoisotopic (exact) mass is 494 g/mol. The molecule has 34 heavy (non-hydrogen) atoms. The van der Waals surface area contributed by atoms with Crippen molar-refractivity contribution < 1.29 is 32.2 Å². The lowest BCUT2D eigenvalue weighted by molar-refractivity contribution is -0.161. The van der Waals surface area contributed by atoms with Crippen LogP contribution in [0.25, 0.3) is 0 Å². The smallest absolute Gasteiger partial charge is 0.266 e. The molecule has 1 aliphatic heterocycles. The maximum atomic E-state index is 13.0. The number of nitrogens with one attached hydrogen (secondary N) is 1. The fraction of sp³-hybridized carbons (Fsp3) is 0.364. The standard InChI is InChI=1S/C22H27FN4O6S/c1-34(31,32)27-12-10-26(11-13-27)22(30,21(24)29)15-25-20(28)17-4-8-19(9-5-17)33-14-16-2-6-18(23)7-3-16/h2-9,30H,10-15H2,1H3,(H2,24,29)(H,25,28)/t22-/m0/s1. The highest BCUT2D eigenvalue weighted by Gasteiger charge is 2.43. The fourth-order valence-corrected chi connectivity index (χ4v) is 4.33. The Kier molecular flexibility index (Phi) is 7.87. The quantitative estimate of drug-likeness (QED) is 0.441. The summed E-state index contributed by atoms with van der Waals surface area (Å²) in [6.45, 7) is 0.0708. The third-order valence-corrected chi connectivity index (χ3v) is 6.86. The van der Waals surface area contributed by atoms with E-state index in [0.717, 1.165) is 11.8 Å². The van der Waals surface area contributed by atoms with Crippen LogP contribution in [0.15, 0.2) is 48.5 Å².